The first-order valence-electron chi connectivity index (χ1n) is 10.3. The van der Waals surface area contributed by atoms with Crippen LogP contribution in [0.1, 0.15) is 63.1 Å². The predicted octanol–water partition coefficient (Wildman–Crippen LogP) is 4.23. The van der Waals surface area contributed by atoms with Gasteiger partial charge in [-0.2, -0.15) is 0 Å². The normalized spacial score (nSPS) is 20.7. The molecule has 1 fully saturated rings. The molecule has 7 heteroatoms. The van der Waals surface area contributed by atoms with Crippen LogP contribution in [0.3, 0.4) is 0 Å². The molecular weight excluding hydrogens is 398 g/mol. The Kier molecular flexibility index (Phi) is 5.73. The molecule has 1 atom stereocenters. The molecule has 158 valence electrons. The maximum atomic E-state index is 12.7. The molecule has 0 bridgehead atoms. The van der Waals surface area contributed by atoms with Crippen LogP contribution in [-0.4, -0.2) is 35.1 Å². The Balaban J connectivity index is 1.70. The van der Waals surface area contributed by atoms with Crippen LogP contribution >= 0.6 is 11.8 Å². The molecular formula is C23H27N3O3S. The molecule has 30 heavy (non-hydrogen) atoms. The molecule has 4 rings (SSSR count). The largest absolute Gasteiger partial charge is 0.466 e. The summed E-state index contributed by atoms with van der Waals surface area (Å²) in [5, 5.41) is 5.80. The van der Waals surface area contributed by atoms with E-state index in [0.29, 0.717) is 23.2 Å². The summed E-state index contributed by atoms with van der Waals surface area (Å²) in [6, 6.07) is 8.26. The Morgan fingerprint density at radius 1 is 1.27 bits per heavy atom. The van der Waals surface area contributed by atoms with Crippen LogP contribution in [0.15, 0.2) is 51.6 Å². The van der Waals surface area contributed by atoms with Gasteiger partial charge < -0.3 is 15.0 Å². The molecule has 1 amide bonds. The second-order valence-corrected chi connectivity index (χ2v) is 9.06. The van der Waals surface area contributed by atoms with Crippen molar-refractivity contribution in [3.63, 3.8) is 0 Å². The Morgan fingerprint density at radius 3 is 2.57 bits per heavy atom. The summed E-state index contributed by atoms with van der Waals surface area (Å²) < 4.78 is 5.10. The van der Waals surface area contributed by atoms with Crippen molar-refractivity contribution in [3.8, 4) is 0 Å². The monoisotopic (exact) mass is 425 g/mol. The number of carbonyl (C=O) groups excluding carboxylic acids is 2. The molecule has 0 radical (unpaired) electrons. The van der Waals surface area contributed by atoms with Crippen LogP contribution in [0.5, 0.6) is 0 Å². The molecule has 2 heterocycles. The fourth-order valence-corrected chi connectivity index (χ4v) is 4.75. The lowest BCUT2D eigenvalue weighted by Crippen LogP contribution is -2.38. The molecule has 0 spiro atoms. The molecule has 3 aliphatic rings. The minimum Gasteiger partial charge on any atom is -0.466 e. The second kappa shape index (κ2) is 8.30. The number of amidine groups is 1. The topological polar surface area (TPSA) is 71.0 Å². The van der Waals surface area contributed by atoms with Crippen LogP contribution in [0.25, 0.3) is 0 Å². The van der Waals surface area contributed by atoms with E-state index < -0.39 is 5.97 Å². The molecule has 1 aliphatic carbocycles. The summed E-state index contributed by atoms with van der Waals surface area (Å²) in [5.41, 5.74) is 4.22. The third-order valence-corrected chi connectivity index (χ3v) is 6.50. The Morgan fingerprint density at radius 2 is 1.97 bits per heavy atom. The van der Waals surface area contributed by atoms with Gasteiger partial charge >= 0.3 is 5.97 Å². The number of fused-ring (bicyclic) bond motifs is 1. The number of carbonyl (C=O) groups is 2. The number of aliphatic imine (C=N–C) groups is 1. The fourth-order valence-electron chi connectivity index (χ4n) is 3.79. The van der Waals surface area contributed by atoms with E-state index >= 15 is 0 Å². The highest BCUT2D eigenvalue weighted by atomic mass is 32.2. The Hall–Kier alpha value is -2.54. The molecule has 2 aliphatic heterocycles. The van der Waals surface area contributed by atoms with Gasteiger partial charge in [-0.25, -0.2) is 9.79 Å². The summed E-state index contributed by atoms with van der Waals surface area (Å²) in [6.07, 6.45) is 2.36. The summed E-state index contributed by atoms with van der Waals surface area (Å²) >= 11 is 1.49. The van der Waals surface area contributed by atoms with E-state index in [1.807, 2.05) is 17.2 Å². The number of methoxy groups -OCH3 is 1. The minimum absolute atomic E-state index is 0.00500. The zero-order valence-corrected chi connectivity index (χ0v) is 18.6. The molecule has 6 nitrogen and oxygen atoms in total. The van der Waals surface area contributed by atoms with Crippen LogP contribution in [0.4, 0.5) is 0 Å². The van der Waals surface area contributed by atoms with E-state index in [0.717, 1.165) is 29.3 Å². The first-order chi connectivity index (χ1) is 14.4. The number of hydrogen-bond donors (Lipinski definition) is 1. The van der Waals surface area contributed by atoms with Crippen LogP contribution < -0.4 is 5.32 Å². The van der Waals surface area contributed by atoms with Gasteiger partial charge in [0.2, 0.25) is 5.91 Å². The Bertz CT molecular complexity index is 958. The van der Waals surface area contributed by atoms with Crippen molar-refractivity contribution in [2.24, 2.45) is 4.99 Å². The summed E-state index contributed by atoms with van der Waals surface area (Å²) in [5.74, 6) is 0.0288. The van der Waals surface area contributed by atoms with Gasteiger partial charge in [-0.15, -0.1) is 0 Å². The van der Waals surface area contributed by atoms with Crippen molar-refractivity contribution in [1.29, 1.82) is 0 Å². The SMILES string of the molecule is COC(=O)C1=C(C)N=C2SC=C(CC(=O)NC3CC3)N2C1c1ccc(C(C)C)cc1. The highest BCUT2D eigenvalue weighted by Gasteiger charge is 2.41. The average molecular weight is 426 g/mol. The van der Waals surface area contributed by atoms with E-state index in [1.54, 1.807) is 0 Å². The molecule has 1 unspecified atom stereocenters. The molecule has 0 saturated heterocycles. The molecule has 1 aromatic carbocycles. The average Bonchev–Trinajstić information content (AvgIpc) is 3.45. The number of amides is 1. The van der Waals surface area contributed by atoms with E-state index in [2.05, 4.69) is 48.4 Å². The number of benzene rings is 1. The summed E-state index contributed by atoms with van der Waals surface area (Å²) in [4.78, 5) is 31.9. The maximum absolute atomic E-state index is 12.7. The third-order valence-electron chi connectivity index (χ3n) is 5.61. The van der Waals surface area contributed by atoms with Gasteiger partial charge in [0, 0.05) is 11.7 Å². The van der Waals surface area contributed by atoms with Crippen LogP contribution in [-0.2, 0) is 14.3 Å². The number of nitrogens with zero attached hydrogens (tertiary/aromatic N) is 2. The van der Waals surface area contributed by atoms with Crippen molar-refractivity contribution in [2.45, 2.75) is 58.0 Å². The first-order valence-corrected chi connectivity index (χ1v) is 11.2. The van der Waals surface area contributed by atoms with Crippen molar-refractivity contribution >= 4 is 28.8 Å². The quantitative estimate of drug-likeness (QED) is 0.691. The van der Waals surface area contributed by atoms with E-state index in [-0.39, 0.29) is 18.4 Å². The molecule has 0 aromatic heterocycles. The summed E-state index contributed by atoms with van der Waals surface area (Å²) in [7, 11) is 1.39. The number of esters is 1. The number of hydrogen-bond acceptors (Lipinski definition) is 6. The van der Waals surface area contributed by atoms with Gasteiger partial charge in [-0.1, -0.05) is 49.9 Å². The van der Waals surface area contributed by atoms with Crippen molar-refractivity contribution in [1.82, 2.24) is 10.2 Å². The smallest absolute Gasteiger partial charge is 0.338 e. The zero-order chi connectivity index (χ0) is 21.4. The van der Waals surface area contributed by atoms with E-state index in [4.69, 9.17) is 4.74 Å². The number of rotatable bonds is 6. The first kappa shape index (κ1) is 20.7. The van der Waals surface area contributed by atoms with E-state index in [1.165, 1.54) is 24.4 Å². The highest BCUT2D eigenvalue weighted by molar-refractivity contribution is 8.16. The number of nitrogens with one attached hydrogen (secondary N) is 1. The summed E-state index contributed by atoms with van der Waals surface area (Å²) in [6.45, 7) is 6.14. The van der Waals surface area contributed by atoms with Gasteiger partial charge in [-0.05, 0) is 42.2 Å². The molecule has 1 N–H and O–H groups in total. The standard InChI is InChI=1S/C23H27N3O3S/c1-13(2)15-5-7-16(8-6-15)21-20(22(28)29-4)14(3)24-23-26(21)18(12-30-23)11-19(27)25-17-9-10-17/h5-8,12-13,17,21H,9-11H2,1-4H3,(H,25,27). The predicted molar refractivity (Wildman–Crippen MR) is 119 cm³/mol. The van der Waals surface area contributed by atoms with Crippen LogP contribution in [0.2, 0.25) is 0 Å². The zero-order valence-electron chi connectivity index (χ0n) is 17.8. The van der Waals surface area contributed by atoms with Crippen molar-refractivity contribution in [3.05, 3.63) is 57.8 Å². The lowest BCUT2D eigenvalue weighted by molar-refractivity contribution is -0.136. The van der Waals surface area contributed by atoms with Crippen molar-refractivity contribution in [2.75, 3.05) is 7.11 Å². The van der Waals surface area contributed by atoms with E-state index in [9.17, 15) is 9.59 Å². The molecule has 1 saturated carbocycles. The fraction of sp³-hybridized carbons (Fsp3) is 0.435. The maximum Gasteiger partial charge on any atom is 0.338 e. The lowest BCUT2D eigenvalue weighted by Gasteiger charge is -2.36. The number of thioether (sulfide) groups is 1. The van der Waals surface area contributed by atoms with Gasteiger partial charge in [0.15, 0.2) is 5.17 Å². The number of allylic oxidation sites excluding steroid dienone is 1. The lowest BCUT2D eigenvalue weighted by atomic mass is 9.92. The van der Waals surface area contributed by atoms with Gasteiger partial charge in [-0.3, -0.25) is 4.79 Å². The molecule has 1 aromatic rings. The second-order valence-electron chi connectivity index (χ2n) is 8.22. The van der Waals surface area contributed by atoms with Gasteiger partial charge in [0.1, 0.15) is 0 Å². The number of ether oxygens (including phenoxy) is 1. The third kappa shape index (κ3) is 4.03. The highest BCUT2D eigenvalue weighted by Crippen LogP contribution is 2.45. The Labute approximate surface area is 181 Å². The van der Waals surface area contributed by atoms with Gasteiger partial charge in [0.05, 0.1) is 30.8 Å². The van der Waals surface area contributed by atoms with Crippen LogP contribution in [0, 0.1) is 0 Å². The van der Waals surface area contributed by atoms with Crippen molar-refractivity contribution < 1.29 is 14.3 Å². The minimum atomic E-state index is -0.396. The van der Waals surface area contributed by atoms with Gasteiger partial charge in [0.25, 0.3) is 0 Å².